The van der Waals surface area contributed by atoms with Crippen molar-refractivity contribution in [1.29, 1.82) is 0 Å². The van der Waals surface area contributed by atoms with Crippen molar-refractivity contribution in [3.8, 4) is 0 Å². The molecule has 0 radical (unpaired) electrons. The molecular formula is C12H15N. The number of hydrogen-bond acceptors (Lipinski definition) is 1. The Balaban J connectivity index is 2.49. The van der Waals surface area contributed by atoms with Crippen LogP contribution in [-0.4, -0.2) is 0 Å². The van der Waals surface area contributed by atoms with Crippen molar-refractivity contribution in [2.75, 3.05) is 0 Å². The molecule has 1 aromatic rings. The highest BCUT2D eigenvalue weighted by atomic mass is 14.5. The predicted octanol–water partition coefficient (Wildman–Crippen LogP) is 2.35. The van der Waals surface area contributed by atoms with Gasteiger partial charge in [-0.1, -0.05) is 37.3 Å². The highest BCUT2D eigenvalue weighted by molar-refractivity contribution is 5.60. The van der Waals surface area contributed by atoms with Crippen LogP contribution < -0.4 is 5.73 Å². The quantitative estimate of drug-likeness (QED) is 0.693. The minimum Gasteiger partial charge on any atom is -0.326 e. The zero-order valence-electron chi connectivity index (χ0n) is 7.96. The summed E-state index contributed by atoms with van der Waals surface area (Å²) in [6.07, 6.45) is 5.63. The Bertz CT molecular complexity index is 339. The van der Waals surface area contributed by atoms with Crippen molar-refractivity contribution in [3.63, 3.8) is 0 Å². The van der Waals surface area contributed by atoms with E-state index in [-0.39, 0.29) is 0 Å². The number of fused-ring (bicyclic) bond motifs is 1. The van der Waals surface area contributed by atoms with Crippen LogP contribution in [0, 0.1) is 5.92 Å². The van der Waals surface area contributed by atoms with Crippen LogP contribution in [0.4, 0.5) is 0 Å². The molecule has 1 heteroatoms. The molecule has 0 aliphatic heterocycles. The zero-order chi connectivity index (χ0) is 9.26. The van der Waals surface area contributed by atoms with Crippen molar-refractivity contribution in [2.24, 2.45) is 11.7 Å². The van der Waals surface area contributed by atoms with Gasteiger partial charge in [0, 0.05) is 6.54 Å². The van der Waals surface area contributed by atoms with Crippen molar-refractivity contribution in [1.82, 2.24) is 0 Å². The second kappa shape index (κ2) is 3.35. The van der Waals surface area contributed by atoms with Gasteiger partial charge in [-0.3, -0.25) is 0 Å². The van der Waals surface area contributed by atoms with E-state index in [1.54, 1.807) is 0 Å². The Morgan fingerprint density at radius 2 is 2.31 bits per heavy atom. The average molecular weight is 173 g/mol. The lowest BCUT2D eigenvalue weighted by molar-refractivity contribution is 0.715. The summed E-state index contributed by atoms with van der Waals surface area (Å²) in [5.41, 5.74) is 9.73. The standard InChI is InChI=1S/C12H15N/c1-9-5-6-12-10(7-9)3-2-4-11(12)8-13/h2-6,9H,7-8,13H2,1H3. The van der Waals surface area contributed by atoms with Crippen LogP contribution in [0.15, 0.2) is 24.3 Å². The lowest BCUT2D eigenvalue weighted by atomic mass is 9.88. The lowest BCUT2D eigenvalue weighted by Gasteiger charge is -2.17. The Kier molecular flexibility index (Phi) is 2.19. The molecular weight excluding hydrogens is 158 g/mol. The van der Waals surface area contributed by atoms with Crippen LogP contribution in [0.5, 0.6) is 0 Å². The molecule has 0 aromatic heterocycles. The third-order valence-corrected chi connectivity index (χ3v) is 2.64. The van der Waals surface area contributed by atoms with Crippen LogP contribution in [0.3, 0.4) is 0 Å². The van der Waals surface area contributed by atoms with E-state index in [0.717, 1.165) is 6.42 Å². The zero-order valence-corrected chi connectivity index (χ0v) is 7.96. The number of benzene rings is 1. The highest BCUT2D eigenvalue weighted by Gasteiger charge is 2.11. The summed E-state index contributed by atoms with van der Waals surface area (Å²) < 4.78 is 0. The minimum atomic E-state index is 0.641. The predicted molar refractivity (Wildman–Crippen MR) is 56.2 cm³/mol. The van der Waals surface area contributed by atoms with Crippen molar-refractivity contribution >= 4 is 6.08 Å². The number of hydrogen-bond donors (Lipinski definition) is 1. The fraction of sp³-hybridized carbons (Fsp3) is 0.333. The molecule has 68 valence electrons. The summed E-state index contributed by atoms with van der Waals surface area (Å²) in [7, 11) is 0. The number of nitrogens with two attached hydrogens (primary N) is 1. The molecule has 0 amide bonds. The summed E-state index contributed by atoms with van der Waals surface area (Å²) in [4.78, 5) is 0. The summed E-state index contributed by atoms with van der Waals surface area (Å²) in [6.45, 7) is 2.89. The maximum absolute atomic E-state index is 5.67. The summed E-state index contributed by atoms with van der Waals surface area (Å²) in [5.74, 6) is 0.667. The molecule has 1 nitrogen and oxygen atoms in total. The summed E-state index contributed by atoms with van der Waals surface area (Å²) in [6, 6.07) is 6.42. The fourth-order valence-corrected chi connectivity index (χ4v) is 1.91. The molecule has 0 bridgehead atoms. The summed E-state index contributed by atoms with van der Waals surface area (Å²) in [5, 5.41) is 0. The smallest absolute Gasteiger partial charge is 0.0184 e. The van der Waals surface area contributed by atoms with E-state index in [4.69, 9.17) is 5.73 Å². The molecule has 0 fully saturated rings. The van der Waals surface area contributed by atoms with E-state index in [1.165, 1.54) is 16.7 Å². The fourth-order valence-electron chi connectivity index (χ4n) is 1.91. The van der Waals surface area contributed by atoms with Gasteiger partial charge < -0.3 is 5.73 Å². The molecule has 1 aliphatic rings. The monoisotopic (exact) mass is 173 g/mol. The van der Waals surface area contributed by atoms with E-state index in [1.807, 2.05) is 0 Å². The van der Waals surface area contributed by atoms with Gasteiger partial charge in [-0.15, -0.1) is 0 Å². The molecule has 13 heavy (non-hydrogen) atoms. The third-order valence-electron chi connectivity index (χ3n) is 2.64. The molecule has 0 saturated carbocycles. The van der Waals surface area contributed by atoms with E-state index >= 15 is 0 Å². The van der Waals surface area contributed by atoms with Gasteiger partial charge in [-0.25, -0.2) is 0 Å². The maximum Gasteiger partial charge on any atom is 0.0184 e. The van der Waals surface area contributed by atoms with Gasteiger partial charge in [0.05, 0.1) is 0 Å². The van der Waals surface area contributed by atoms with Crippen LogP contribution in [-0.2, 0) is 13.0 Å². The second-order valence-electron chi connectivity index (χ2n) is 3.73. The topological polar surface area (TPSA) is 26.0 Å². The van der Waals surface area contributed by atoms with E-state index in [0.29, 0.717) is 12.5 Å². The van der Waals surface area contributed by atoms with Crippen LogP contribution in [0.1, 0.15) is 23.6 Å². The molecule has 1 atom stereocenters. The number of rotatable bonds is 1. The largest absolute Gasteiger partial charge is 0.326 e. The Labute approximate surface area is 79.3 Å². The Hall–Kier alpha value is -1.08. The second-order valence-corrected chi connectivity index (χ2v) is 3.73. The van der Waals surface area contributed by atoms with Gasteiger partial charge >= 0.3 is 0 Å². The first kappa shape index (κ1) is 8.52. The van der Waals surface area contributed by atoms with E-state index in [2.05, 4.69) is 37.3 Å². The Morgan fingerprint density at radius 3 is 3.08 bits per heavy atom. The van der Waals surface area contributed by atoms with Crippen molar-refractivity contribution < 1.29 is 0 Å². The molecule has 2 N–H and O–H groups in total. The summed E-state index contributed by atoms with van der Waals surface area (Å²) >= 11 is 0. The van der Waals surface area contributed by atoms with Crippen molar-refractivity contribution in [2.45, 2.75) is 19.9 Å². The van der Waals surface area contributed by atoms with Crippen molar-refractivity contribution in [3.05, 3.63) is 41.0 Å². The van der Waals surface area contributed by atoms with Gasteiger partial charge in [0.1, 0.15) is 0 Å². The third kappa shape index (κ3) is 1.52. The number of allylic oxidation sites excluding steroid dienone is 1. The van der Waals surface area contributed by atoms with Gasteiger partial charge in [-0.2, -0.15) is 0 Å². The minimum absolute atomic E-state index is 0.641. The molecule has 1 aliphatic carbocycles. The van der Waals surface area contributed by atoms with Gasteiger partial charge in [-0.05, 0) is 29.0 Å². The average Bonchev–Trinajstić information content (AvgIpc) is 2.16. The van der Waals surface area contributed by atoms with E-state index < -0.39 is 0 Å². The molecule has 1 unspecified atom stereocenters. The van der Waals surface area contributed by atoms with Crippen LogP contribution in [0.2, 0.25) is 0 Å². The molecule has 0 heterocycles. The first-order valence-electron chi connectivity index (χ1n) is 4.80. The van der Waals surface area contributed by atoms with E-state index in [9.17, 15) is 0 Å². The molecule has 1 aromatic carbocycles. The van der Waals surface area contributed by atoms with Gasteiger partial charge in [0.2, 0.25) is 0 Å². The van der Waals surface area contributed by atoms with Crippen LogP contribution >= 0.6 is 0 Å². The Morgan fingerprint density at radius 1 is 1.46 bits per heavy atom. The molecule has 2 rings (SSSR count). The van der Waals surface area contributed by atoms with Gasteiger partial charge in [0.25, 0.3) is 0 Å². The SMILES string of the molecule is CC1C=Cc2c(CN)cccc2C1. The first-order valence-corrected chi connectivity index (χ1v) is 4.80. The lowest BCUT2D eigenvalue weighted by Crippen LogP contribution is -2.07. The van der Waals surface area contributed by atoms with Gasteiger partial charge in [0.15, 0.2) is 0 Å². The van der Waals surface area contributed by atoms with Crippen LogP contribution in [0.25, 0.3) is 6.08 Å². The highest BCUT2D eigenvalue weighted by Crippen LogP contribution is 2.25. The molecule has 0 saturated heterocycles. The first-order chi connectivity index (χ1) is 6.31. The maximum atomic E-state index is 5.67. The molecule has 0 spiro atoms. The normalized spacial score (nSPS) is 20.0.